The van der Waals surface area contributed by atoms with Crippen molar-refractivity contribution in [2.75, 3.05) is 11.9 Å². The molecule has 19 heavy (non-hydrogen) atoms. The third-order valence-electron chi connectivity index (χ3n) is 2.94. The van der Waals surface area contributed by atoms with Gasteiger partial charge in [-0.15, -0.1) is 0 Å². The van der Waals surface area contributed by atoms with Gasteiger partial charge in [0.15, 0.2) is 0 Å². The number of benzene rings is 1. The first kappa shape index (κ1) is 16.4. The highest BCUT2D eigenvalue weighted by Crippen LogP contribution is 2.11. The van der Waals surface area contributed by atoms with Crippen LogP contribution in [0.1, 0.15) is 37.7 Å². The average molecular weight is 329 g/mol. The zero-order valence-electron chi connectivity index (χ0n) is 11.3. The Kier molecular flexibility index (Phi) is 8.76. The van der Waals surface area contributed by atoms with Crippen molar-refractivity contribution in [3.63, 3.8) is 0 Å². The molecule has 1 nitrogen and oxygen atoms in total. The molecule has 0 radical (unpaired) electrons. The summed E-state index contributed by atoms with van der Waals surface area (Å²) >= 11 is 3.40. The van der Waals surface area contributed by atoms with Gasteiger partial charge in [-0.1, -0.05) is 53.1 Å². The normalized spacial score (nSPS) is 10.6. The van der Waals surface area contributed by atoms with Gasteiger partial charge in [0.1, 0.15) is 5.82 Å². The third kappa shape index (κ3) is 8.17. The first-order chi connectivity index (χ1) is 9.22. The summed E-state index contributed by atoms with van der Waals surface area (Å²) in [4.78, 5) is 0. The van der Waals surface area contributed by atoms with Crippen molar-refractivity contribution in [3.05, 3.63) is 47.8 Å². The molecular formula is C16H22BrFO. The first-order valence-electron chi connectivity index (χ1n) is 6.77. The van der Waals surface area contributed by atoms with E-state index in [1.807, 2.05) is 0 Å². The molecule has 106 valence electrons. The molecule has 0 bridgehead atoms. The lowest BCUT2D eigenvalue weighted by atomic mass is 10.1. The van der Waals surface area contributed by atoms with Crippen LogP contribution in [0, 0.1) is 5.82 Å². The monoisotopic (exact) mass is 328 g/mol. The van der Waals surface area contributed by atoms with Crippen LogP contribution >= 0.6 is 15.9 Å². The van der Waals surface area contributed by atoms with Gasteiger partial charge in [0.2, 0.25) is 0 Å². The van der Waals surface area contributed by atoms with Crippen LogP contribution in [-0.2, 0) is 11.3 Å². The van der Waals surface area contributed by atoms with E-state index in [1.165, 1.54) is 37.0 Å². The summed E-state index contributed by atoms with van der Waals surface area (Å²) in [5.74, 6) is -0.200. The van der Waals surface area contributed by atoms with Crippen molar-refractivity contribution in [2.45, 2.75) is 38.7 Å². The smallest absolute Gasteiger partial charge is 0.123 e. The molecule has 0 aromatic heterocycles. The van der Waals surface area contributed by atoms with Crippen LogP contribution in [0.2, 0.25) is 0 Å². The van der Waals surface area contributed by atoms with E-state index < -0.39 is 0 Å². The van der Waals surface area contributed by atoms with Gasteiger partial charge in [-0.25, -0.2) is 4.39 Å². The second-order valence-electron chi connectivity index (χ2n) is 4.73. The average Bonchev–Trinajstić information content (AvgIpc) is 2.43. The molecule has 0 aliphatic carbocycles. The Morgan fingerprint density at radius 3 is 2.47 bits per heavy atom. The number of hydrogen-bond donors (Lipinski definition) is 0. The molecule has 0 atom stereocenters. The summed E-state index contributed by atoms with van der Waals surface area (Å²) in [6.07, 6.45) is 5.83. The molecule has 1 rings (SSSR count). The Morgan fingerprint density at radius 2 is 1.79 bits per heavy atom. The molecular weight excluding hydrogens is 307 g/mol. The number of rotatable bonds is 10. The molecule has 0 aliphatic heterocycles. The maximum atomic E-state index is 12.7. The lowest BCUT2D eigenvalue weighted by Crippen LogP contribution is -1.96. The van der Waals surface area contributed by atoms with E-state index in [0.29, 0.717) is 6.61 Å². The summed E-state index contributed by atoms with van der Waals surface area (Å²) in [6.45, 7) is 5.31. The molecule has 1 aromatic rings. The maximum Gasteiger partial charge on any atom is 0.123 e. The van der Waals surface area contributed by atoms with Crippen molar-refractivity contribution < 1.29 is 9.13 Å². The van der Waals surface area contributed by atoms with Crippen LogP contribution in [0.5, 0.6) is 0 Å². The zero-order chi connectivity index (χ0) is 13.9. The largest absolute Gasteiger partial charge is 0.377 e. The Bertz CT molecular complexity index is 362. The molecule has 0 spiro atoms. The molecule has 0 aliphatic rings. The molecule has 1 aromatic carbocycles. The van der Waals surface area contributed by atoms with Crippen molar-refractivity contribution in [1.29, 1.82) is 0 Å². The third-order valence-corrected chi connectivity index (χ3v) is 3.73. The fourth-order valence-corrected chi connectivity index (χ4v) is 2.05. The van der Waals surface area contributed by atoms with E-state index in [1.54, 1.807) is 12.1 Å². The van der Waals surface area contributed by atoms with E-state index in [4.69, 9.17) is 4.74 Å². The summed E-state index contributed by atoms with van der Waals surface area (Å²) < 4.78 is 18.2. The number of unbranched alkanes of at least 4 members (excludes halogenated alkanes) is 3. The molecule has 3 heteroatoms. The summed E-state index contributed by atoms with van der Waals surface area (Å²) in [6, 6.07) is 6.47. The van der Waals surface area contributed by atoms with Gasteiger partial charge in [0.25, 0.3) is 0 Å². The van der Waals surface area contributed by atoms with Gasteiger partial charge in [-0.2, -0.15) is 0 Å². The number of ether oxygens (including phenoxy) is 1. The second kappa shape index (κ2) is 10.2. The topological polar surface area (TPSA) is 9.23 Å². The van der Waals surface area contributed by atoms with Crippen molar-refractivity contribution >= 4 is 15.9 Å². The van der Waals surface area contributed by atoms with E-state index >= 15 is 0 Å². The van der Waals surface area contributed by atoms with Crippen molar-refractivity contribution in [2.24, 2.45) is 0 Å². The van der Waals surface area contributed by atoms with Crippen LogP contribution in [0.3, 0.4) is 0 Å². The van der Waals surface area contributed by atoms with Gasteiger partial charge < -0.3 is 4.74 Å². The molecule has 0 N–H and O–H groups in total. The molecule has 0 saturated carbocycles. The van der Waals surface area contributed by atoms with Crippen molar-refractivity contribution in [3.8, 4) is 0 Å². The number of allylic oxidation sites excluding steroid dienone is 1. The van der Waals surface area contributed by atoms with E-state index in [2.05, 4.69) is 22.5 Å². The minimum absolute atomic E-state index is 0.200. The highest BCUT2D eigenvalue weighted by Gasteiger charge is 1.96. The quantitative estimate of drug-likeness (QED) is 0.324. The zero-order valence-corrected chi connectivity index (χ0v) is 12.9. The standard InChI is InChI=1S/C16H22BrFO/c1-14(12-17)6-4-2-3-5-11-19-13-15-7-9-16(18)10-8-15/h7-10H,1-6,11-13H2. The Morgan fingerprint density at radius 1 is 1.11 bits per heavy atom. The van der Waals surface area contributed by atoms with Crippen LogP contribution in [0.25, 0.3) is 0 Å². The highest BCUT2D eigenvalue weighted by atomic mass is 79.9. The van der Waals surface area contributed by atoms with E-state index in [0.717, 1.165) is 30.3 Å². The van der Waals surface area contributed by atoms with Crippen LogP contribution in [0.15, 0.2) is 36.4 Å². The number of alkyl halides is 1. The molecule has 0 amide bonds. The minimum atomic E-state index is -0.200. The highest BCUT2D eigenvalue weighted by molar-refractivity contribution is 9.09. The maximum absolute atomic E-state index is 12.7. The fourth-order valence-electron chi connectivity index (χ4n) is 1.77. The second-order valence-corrected chi connectivity index (χ2v) is 5.29. The predicted molar refractivity (Wildman–Crippen MR) is 82.1 cm³/mol. The van der Waals surface area contributed by atoms with E-state index in [-0.39, 0.29) is 5.82 Å². The van der Waals surface area contributed by atoms with Gasteiger partial charge in [0, 0.05) is 11.9 Å². The number of hydrogen-bond acceptors (Lipinski definition) is 1. The van der Waals surface area contributed by atoms with Gasteiger partial charge in [0.05, 0.1) is 6.61 Å². The Hall–Kier alpha value is -0.670. The van der Waals surface area contributed by atoms with Crippen LogP contribution in [-0.4, -0.2) is 11.9 Å². The summed E-state index contributed by atoms with van der Waals surface area (Å²) in [5.41, 5.74) is 2.29. The van der Waals surface area contributed by atoms with Crippen LogP contribution in [0.4, 0.5) is 4.39 Å². The molecule has 0 saturated heterocycles. The van der Waals surface area contributed by atoms with E-state index in [9.17, 15) is 4.39 Å². The van der Waals surface area contributed by atoms with Crippen LogP contribution < -0.4 is 0 Å². The summed E-state index contributed by atoms with van der Waals surface area (Å²) in [7, 11) is 0. The van der Waals surface area contributed by atoms with Crippen molar-refractivity contribution in [1.82, 2.24) is 0 Å². The Labute approximate surface area is 124 Å². The molecule has 0 heterocycles. The lowest BCUT2D eigenvalue weighted by molar-refractivity contribution is 0.116. The first-order valence-corrected chi connectivity index (χ1v) is 7.89. The van der Waals surface area contributed by atoms with Gasteiger partial charge in [-0.3, -0.25) is 0 Å². The fraction of sp³-hybridized carbons (Fsp3) is 0.500. The predicted octanol–water partition coefficient (Wildman–Crippen LogP) is 5.24. The molecule has 0 unspecified atom stereocenters. The number of halogens is 2. The molecule has 0 fully saturated rings. The minimum Gasteiger partial charge on any atom is -0.377 e. The summed E-state index contributed by atoms with van der Waals surface area (Å²) in [5, 5.41) is 0.910. The SMILES string of the molecule is C=C(CBr)CCCCCCOCc1ccc(F)cc1. The van der Waals surface area contributed by atoms with Gasteiger partial charge in [-0.05, 0) is 37.0 Å². The van der Waals surface area contributed by atoms with Gasteiger partial charge >= 0.3 is 0 Å². The Balaban J connectivity index is 1.94. The lowest BCUT2D eigenvalue weighted by Gasteiger charge is -2.05.